The fourth-order valence-electron chi connectivity index (χ4n) is 3.83. The van der Waals surface area contributed by atoms with Crippen LogP contribution in [0, 0.1) is 0 Å². The number of phenols is 2. The number of aromatic hydroxyl groups is 2. The third-order valence-electron chi connectivity index (χ3n) is 5.80. The third-order valence-corrected chi connectivity index (χ3v) is 7.05. The van der Waals surface area contributed by atoms with E-state index < -0.39 is 28.2 Å². The Kier molecular flexibility index (Phi) is 7.95. The molecular formula is C26H26N2O8S. The molecule has 3 aromatic carbocycles. The van der Waals surface area contributed by atoms with Crippen molar-refractivity contribution in [2.24, 2.45) is 0 Å². The number of nitrogens with one attached hydrogen (secondary N) is 2. The van der Waals surface area contributed by atoms with Crippen LogP contribution in [0.25, 0.3) is 0 Å². The number of hydrogen-bond acceptors (Lipinski definition) is 9. The minimum absolute atomic E-state index is 0.0445. The summed E-state index contributed by atoms with van der Waals surface area (Å²) in [5.74, 6) is -1.53. The van der Waals surface area contributed by atoms with Gasteiger partial charge in [-0.15, -0.1) is 0 Å². The molecule has 0 aromatic heterocycles. The molecule has 1 amide bonds. The summed E-state index contributed by atoms with van der Waals surface area (Å²) in [6.07, 6.45) is 0.626. The maximum Gasteiger partial charge on any atom is 0.339 e. The number of rotatable bonds is 7. The number of para-hydroxylation sites is 2. The van der Waals surface area contributed by atoms with Gasteiger partial charge in [-0.1, -0.05) is 12.1 Å². The van der Waals surface area contributed by atoms with Crippen molar-refractivity contribution in [1.29, 1.82) is 0 Å². The molecule has 10 nitrogen and oxygen atoms in total. The van der Waals surface area contributed by atoms with E-state index in [4.69, 9.17) is 8.92 Å². The first-order valence-electron chi connectivity index (χ1n) is 11.6. The second kappa shape index (κ2) is 11.3. The van der Waals surface area contributed by atoms with E-state index in [-0.39, 0.29) is 33.6 Å². The summed E-state index contributed by atoms with van der Waals surface area (Å²) in [7, 11) is -4.25. The standard InChI is InChI=1S/C26H26N2O8S/c29-19-11-7-17(8-12-19)25(31)28-21-16-27-15-3-6-23(21)35-26(32)18-9-13-20(14-10-18)37(33,34)36-24-5-2-1-4-22(24)30/h1-2,4-5,7-14,21,23,27,29-30H,3,6,15-16H2,(H,28,31)/t21-,23-/m1/s1. The Bertz CT molecular complexity index is 1360. The molecule has 2 atom stereocenters. The fraction of sp³-hybridized carbons (Fsp3) is 0.231. The van der Waals surface area contributed by atoms with Gasteiger partial charge in [0, 0.05) is 12.1 Å². The normalized spacial score (nSPS) is 17.8. The predicted molar refractivity (Wildman–Crippen MR) is 133 cm³/mol. The lowest BCUT2D eigenvalue weighted by molar-refractivity contribution is 0.0192. The molecular weight excluding hydrogens is 500 g/mol. The molecule has 3 aromatic rings. The topological polar surface area (TPSA) is 151 Å². The van der Waals surface area contributed by atoms with Crippen LogP contribution in [0.5, 0.6) is 17.2 Å². The lowest BCUT2D eigenvalue weighted by Gasteiger charge is -2.26. The summed E-state index contributed by atoms with van der Waals surface area (Å²) in [5, 5.41) is 25.3. The summed E-state index contributed by atoms with van der Waals surface area (Å²) >= 11 is 0. The molecule has 1 aliphatic rings. The van der Waals surface area contributed by atoms with Crippen molar-refractivity contribution in [3.8, 4) is 17.2 Å². The molecule has 1 heterocycles. The van der Waals surface area contributed by atoms with Gasteiger partial charge in [-0.2, -0.15) is 8.42 Å². The van der Waals surface area contributed by atoms with E-state index in [1.807, 2.05) is 0 Å². The highest BCUT2D eigenvalue weighted by atomic mass is 32.2. The number of phenolic OH excluding ortho intramolecular Hbond substituents is 2. The number of esters is 1. The van der Waals surface area contributed by atoms with Gasteiger partial charge >= 0.3 is 16.1 Å². The van der Waals surface area contributed by atoms with Gasteiger partial charge in [0.25, 0.3) is 5.91 Å². The SMILES string of the molecule is O=C(N[C@@H]1CNCCC[C@H]1OC(=O)c1ccc(S(=O)(=O)Oc2ccccc2O)cc1)c1ccc(O)cc1. The van der Waals surface area contributed by atoms with Crippen molar-refractivity contribution in [3.05, 3.63) is 83.9 Å². The van der Waals surface area contributed by atoms with Gasteiger partial charge in [-0.25, -0.2) is 4.79 Å². The molecule has 37 heavy (non-hydrogen) atoms. The van der Waals surface area contributed by atoms with Crippen LogP contribution in [0.2, 0.25) is 0 Å². The highest BCUT2D eigenvalue weighted by Gasteiger charge is 2.29. The van der Waals surface area contributed by atoms with Crippen molar-refractivity contribution in [3.63, 3.8) is 0 Å². The zero-order valence-electron chi connectivity index (χ0n) is 19.7. The van der Waals surface area contributed by atoms with Gasteiger partial charge in [0.2, 0.25) is 0 Å². The molecule has 11 heteroatoms. The second-order valence-electron chi connectivity index (χ2n) is 8.45. The van der Waals surface area contributed by atoms with E-state index in [2.05, 4.69) is 10.6 Å². The summed E-state index contributed by atoms with van der Waals surface area (Å²) in [4.78, 5) is 25.3. The molecule has 0 bridgehead atoms. The van der Waals surface area contributed by atoms with Gasteiger partial charge in [0.05, 0.1) is 11.6 Å². The number of ether oxygens (including phenoxy) is 1. The zero-order chi connectivity index (χ0) is 26.4. The average Bonchev–Trinajstić information content (AvgIpc) is 3.10. The highest BCUT2D eigenvalue weighted by Crippen LogP contribution is 2.28. The lowest BCUT2D eigenvalue weighted by atomic mass is 10.1. The summed E-state index contributed by atoms with van der Waals surface area (Å²) in [6.45, 7) is 1.09. The monoisotopic (exact) mass is 526 g/mol. The molecule has 1 fully saturated rings. The van der Waals surface area contributed by atoms with Crippen molar-refractivity contribution >= 4 is 22.0 Å². The molecule has 0 aliphatic carbocycles. The zero-order valence-corrected chi connectivity index (χ0v) is 20.5. The van der Waals surface area contributed by atoms with E-state index in [9.17, 15) is 28.2 Å². The fourth-order valence-corrected chi connectivity index (χ4v) is 4.77. The van der Waals surface area contributed by atoms with Crippen LogP contribution in [-0.4, -0.2) is 55.7 Å². The number of carbonyl (C=O) groups excluding carboxylic acids is 2. The van der Waals surface area contributed by atoms with Gasteiger partial charge < -0.3 is 29.8 Å². The molecule has 0 saturated carbocycles. The van der Waals surface area contributed by atoms with E-state index >= 15 is 0 Å². The maximum absolute atomic E-state index is 12.9. The average molecular weight is 527 g/mol. The van der Waals surface area contributed by atoms with E-state index in [0.29, 0.717) is 25.1 Å². The molecule has 1 aliphatic heterocycles. The number of hydrogen-bond donors (Lipinski definition) is 4. The smallest absolute Gasteiger partial charge is 0.339 e. The van der Waals surface area contributed by atoms with E-state index in [0.717, 1.165) is 6.42 Å². The van der Waals surface area contributed by atoms with Gasteiger partial charge in [-0.05, 0) is 80.1 Å². The van der Waals surface area contributed by atoms with E-state index in [1.165, 1.54) is 72.8 Å². The Balaban J connectivity index is 1.43. The van der Waals surface area contributed by atoms with E-state index in [1.54, 1.807) is 0 Å². The van der Waals surface area contributed by atoms with Crippen molar-refractivity contribution in [1.82, 2.24) is 10.6 Å². The molecule has 1 saturated heterocycles. The van der Waals surface area contributed by atoms with Crippen molar-refractivity contribution in [2.45, 2.75) is 29.9 Å². The molecule has 0 spiro atoms. The van der Waals surface area contributed by atoms with Crippen LogP contribution in [-0.2, 0) is 14.9 Å². The molecule has 194 valence electrons. The summed E-state index contributed by atoms with van der Waals surface area (Å²) in [5.41, 5.74) is 0.484. The molecule has 0 radical (unpaired) electrons. The Labute approximate surface area is 214 Å². The Hall–Kier alpha value is -4.09. The predicted octanol–water partition coefficient (Wildman–Crippen LogP) is 2.57. The minimum Gasteiger partial charge on any atom is -0.508 e. The van der Waals surface area contributed by atoms with Crippen LogP contribution in [0.15, 0.2) is 77.7 Å². The maximum atomic E-state index is 12.9. The Morgan fingerprint density at radius 2 is 1.59 bits per heavy atom. The largest absolute Gasteiger partial charge is 0.508 e. The van der Waals surface area contributed by atoms with Crippen molar-refractivity contribution in [2.75, 3.05) is 13.1 Å². The first kappa shape index (κ1) is 26.0. The highest BCUT2D eigenvalue weighted by molar-refractivity contribution is 7.87. The first-order valence-corrected chi connectivity index (χ1v) is 13.0. The van der Waals surface area contributed by atoms with Crippen LogP contribution in [0.1, 0.15) is 33.6 Å². The van der Waals surface area contributed by atoms with Crippen LogP contribution < -0.4 is 14.8 Å². The Morgan fingerprint density at radius 3 is 2.30 bits per heavy atom. The molecule has 0 unspecified atom stereocenters. The lowest BCUT2D eigenvalue weighted by Crippen LogP contribution is -2.49. The third kappa shape index (κ3) is 6.57. The Morgan fingerprint density at radius 1 is 0.919 bits per heavy atom. The number of amides is 1. The molecule has 4 rings (SSSR count). The first-order chi connectivity index (χ1) is 17.7. The van der Waals surface area contributed by atoms with Gasteiger partial charge in [0.1, 0.15) is 16.7 Å². The van der Waals surface area contributed by atoms with Crippen LogP contribution in [0.3, 0.4) is 0 Å². The quantitative estimate of drug-likeness (QED) is 0.269. The molecule has 4 N–H and O–H groups in total. The summed E-state index contributed by atoms with van der Waals surface area (Å²) < 4.78 is 35.8. The van der Waals surface area contributed by atoms with Crippen molar-refractivity contribution < 1.29 is 37.1 Å². The number of carbonyl (C=O) groups is 2. The van der Waals surface area contributed by atoms with Gasteiger partial charge in [-0.3, -0.25) is 4.79 Å². The number of benzene rings is 3. The van der Waals surface area contributed by atoms with Crippen LogP contribution >= 0.6 is 0 Å². The summed E-state index contributed by atoms with van der Waals surface area (Å²) in [6, 6.07) is 16.0. The van der Waals surface area contributed by atoms with Crippen LogP contribution in [0.4, 0.5) is 0 Å². The minimum atomic E-state index is -4.25. The van der Waals surface area contributed by atoms with Gasteiger partial charge in [0.15, 0.2) is 11.5 Å². The second-order valence-corrected chi connectivity index (χ2v) is 9.99.